The molecule has 0 aliphatic rings. The Kier molecular flexibility index (Phi) is 4.43. The van der Waals surface area contributed by atoms with Crippen LogP contribution in [0.3, 0.4) is 0 Å². The fraction of sp³-hybridized carbons (Fsp3) is 0. The molecule has 0 spiro atoms. The molecule has 4 heteroatoms. The molecule has 0 unspecified atom stereocenters. The van der Waals surface area contributed by atoms with E-state index in [9.17, 15) is 4.39 Å². The Morgan fingerprint density at radius 3 is 2.40 bits per heavy atom. The van der Waals surface area contributed by atoms with Crippen LogP contribution in [0.15, 0.2) is 61.8 Å². The zero-order valence-corrected chi connectivity index (χ0v) is 11.5. The Labute approximate surface area is 122 Å². The van der Waals surface area contributed by atoms with Gasteiger partial charge in [0.1, 0.15) is 5.82 Å². The third-order valence-electron chi connectivity index (χ3n) is 2.70. The molecule has 2 aromatic rings. The van der Waals surface area contributed by atoms with Crippen LogP contribution in [0, 0.1) is 5.82 Å². The normalized spacial score (nSPS) is 9.90. The van der Waals surface area contributed by atoms with Gasteiger partial charge in [0.2, 0.25) is 0 Å². The first-order valence-electron chi connectivity index (χ1n) is 5.99. The van der Waals surface area contributed by atoms with Crippen LogP contribution in [0.2, 0.25) is 5.02 Å². The average molecular weight is 289 g/mol. The SMILES string of the molecule is C=CNc1ccc(Cl)c(C(=C)Nc2ccc(F)cc2)c1. The van der Waals surface area contributed by atoms with Gasteiger partial charge in [-0.25, -0.2) is 4.39 Å². The van der Waals surface area contributed by atoms with Crippen molar-refractivity contribution in [3.63, 3.8) is 0 Å². The van der Waals surface area contributed by atoms with Gasteiger partial charge in [0.05, 0.1) is 5.02 Å². The highest BCUT2D eigenvalue weighted by atomic mass is 35.5. The third kappa shape index (κ3) is 3.39. The van der Waals surface area contributed by atoms with E-state index in [1.807, 2.05) is 12.1 Å². The third-order valence-corrected chi connectivity index (χ3v) is 3.03. The van der Waals surface area contributed by atoms with Crippen LogP contribution >= 0.6 is 11.6 Å². The summed E-state index contributed by atoms with van der Waals surface area (Å²) in [7, 11) is 0. The van der Waals surface area contributed by atoms with E-state index in [1.54, 1.807) is 24.4 Å². The Morgan fingerprint density at radius 2 is 1.75 bits per heavy atom. The van der Waals surface area contributed by atoms with Crippen molar-refractivity contribution < 1.29 is 4.39 Å². The van der Waals surface area contributed by atoms with Crippen molar-refractivity contribution in [3.05, 3.63) is 78.2 Å². The monoisotopic (exact) mass is 288 g/mol. The largest absolute Gasteiger partial charge is 0.362 e. The minimum Gasteiger partial charge on any atom is -0.362 e. The number of rotatable bonds is 5. The van der Waals surface area contributed by atoms with E-state index >= 15 is 0 Å². The number of halogens is 2. The summed E-state index contributed by atoms with van der Waals surface area (Å²) in [4.78, 5) is 0. The maximum Gasteiger partial charge on any atom is 0.123 e. The molecule has 0 amide bonds. The van der Waals surface area contributed by atoms with Crippen molar-refractivity contribution in [2.75, 3.05) is 10.6 Å². The lowest BCUT2D eigenvalue weighted by Crippen LogP contribution is -1.99. The Balaban J connectivity index is 2.21. The van der Waals surface area contributed by atoms with E-state index in [1.165, 1.54) is 12.1 Å². The molecule has 0 radical (unpaired) electrons. The molecule has 2 rings (SSSR count). The van der Waals surface area contributed by atoms with Gasteiger partial charge in [-0.2, -0.15) is 0 Å². The summed E-state index contributed by atoms with van der Waals surface area (Å²) in [6.45, 7) is 7.57. The summed E-state index contributed by atoms with van der Waals surface area (Å²) in [5.74, 6) is -0.281. The highest BCUT2D eigenvalue weighted by Gasteiger charge is 2.06. The fourth-order valence-corrected chi connectivity index (χ4v) is 1.97. The van der Waals surface area contributed by atoms with Crippen LogP contribution in [-0.4, -0.2) is 0 Å². The molecule has 0 heterocycles. The van der Waals surface area contributed by atoms with Crippen LogP contribution in [0.25, 0.3) is 5.70 Å². The highest BCUT2D eigenvalue weighted by Crippen LogP contribution is 2.27. The van der Waals surface area contributed by atoms with Crippen LogP contribution in [0.1, 0.15) is 5.56 Å². The minimum absolute atomic E-state index is 0.281. The van der Waals surface area contributed by atoms with Crippen molar-refractivity contribution >= 4 is 28.7 Å². The molecule has 0 aliphatic carbocycles. The fourth-order valence-electron chi connectivity index (χ4n) is 1.74. The quantitative estimate of drug-likeness (QED) is 0.798. The van der Waals surface area contributed by atoms with E-state index in [0.717, 1.165) is 16.9 Å². The molecule has 0 aliphatic heterocycles. The van der Waals surface area contributed by atoms with Crippen LogP contribution < -0.4 is 10.6 Å². The lowest BCUT2D eigenvalue weighted by Gasteiger charge is -2.13. The van der Waals surface area contributed by atoms with Crippen molar-refractivity contribution in [1.29, 1.82) is 0 Å². The van der Waals surface area contributed by atoms with E-state index in [-0.39, 0.29) is 5.82 Å². The number of hydrogen-bond acceptors (Lipinski definition) is 2. The number of hydrogen-bond donors (Lipinski definition) is 2. The zero-order chi connectivity index (χ0) is 14.5. The molecule has 2 N–H and O–H groups in total. The molecule has 20 heavy (non-hydrogen) atoms. The second kappa shape index (κ2) is 6.26. The molecule has 0 bridgehead atoms. The Bertz CT molecular complexity index is 635. The molecule has 0 saturated carbocycles. The summed E-state index contributed by atoms with van der Waals surface area (Å²) in [6.07, 6.45) is 1.59. The Hall–Kier alpha value is -2.26. The van der Waals surface area contributed by atoms with Gasteiger partial charge in [0.15, 0.2) is 0 Å². The molecule has 0 saturated heterocycles. The van der Waals surface area contributed by atoms with Crippen molar-refractivity contribution in [2.45, 2.75) is 0 Å². The second-order valence-corrected chi connectivity index (χ2v) is 4.56. The molecule has 0 aromatic heterocycles. The van der Waals surface area contributed by atoms with Gasteiger partial charge in [0.25, 0.3) is 0 Å². The first-order valence-corrected chi connectivity index (χ1v) is 6.37. The van der Waals surface area contributed by atoms with Crippen LogP contribution in [0.4, 0.5) is 15.8 Å². The summed E-state index contributed by atoms with van der Waals surface area (Å²) in [5, 5.41) is 6.67. The van der Waals surface area contributed by atoms with Crippen molar-refractivity contribution in [3.8, 4) is 0 Å². The smallest absolute Gasteiger partial charge is 0.123 e. The van der Waals surface area contributed by atoms with E-state index in [4.69, 9.17) is 11.6 Å². The topological polar surface area (TPSA) is 24.1 Å². The van der Waals surface area contributed by atoms with E-state index in [2.05, 4.69) is 23.8 Å². The van der Waals surface area contributed by atoms with Crippen molar-refractivity contribution in [2.24, 2.45) is 0 Å². The van der Waals surface area contributed by atoms with Crippen LogP contribution in [0.5, 0.6) is 0 Å². The summed E-state index contributed by atoms with van der Waals surface area (Å²) >= 11 is 6.17. The highest BCUT2D eigenvalue weighted by molar-refractivity contribution is 6.32. The lowest BCUT2D eigenvalue weighted by molar-refractivity contribution is 0.628. The van der Waals surface area contributed by atoms with Gasteiger partial charge in [-0.3, -0.25) is 0 Å². The molecule has 2 aromatic carbocycles. The predicted molar refractivity (Wildman–Crippen MR) is 84.3 cm³/mol. The first kappa shape index (κ1) is 14.2. The minimum atomic E-state index is -0.281. The van der Waals surface area contributed by atoms with Crippen molar-refractivity contribution in [1.82, 2.24) is 0 Å². The molecular formula is C16H14ClFN2. The molecule has 102 valence electrons. The maximum atomic E-state index is 12.9. The second-order valence-electron chi connectivity index (χ2n) is 4.15. The molecule has 2 nitrogen and oxygen atoms in total. The first-order chi connectivity index (χ1) is 9.60. The van der Waals surface area contributed by atoms with Gasteiger partial charge in [-0.15, -0.1) is 0 Å². The lowest BCUT2D eigenvalue weighted by atomic mass is 10.1. The maximum absolute atomic E-state index is 12.9. The predicted octanol–water partition coefficient (Wildman–Crippen LogP) is 5.12. The van der Waals surface area contributed by atoms with Crippen LogP contribution in [-0.2, 0) is 0 Å². The van der Waals surface area contributed by atoms with E-state index < -0.39 is 0 Å². The summed E-state index contributed by atoms with van der Waals surface area (Å²) in [5.41, 5.74) is 3.01. The molecular weight excluding hydrogens is 275 g/mol. The number of nitrogens with one attached hydrogen (secondary N) is 2. The van der Waals surface area contributed by atoms with Gasteiger partial charge >= 0.3 is 0 Å². The summed E-state index contributed by atoms with van der Waals surface area (Å²) in [6, 6.07) is 11.5. The molecule has 0 fully saturated rings. The van der Waals surface area contributed by atoms with Gasteiger partial charge in [-0.05, 0) is 48.7 Å². The Morgan fingerprint density at radius 1 is 1.10 bits per heavy atom. The summed E-state index contributed by atoms with van der Waals surface area (Å²) < 4.78 is 12.9. The number of anilines is 2. The average Bonchev–Trinajstić information content (AvgIpc) is 2.43. The van der Waals surface area contributed by atoms with Gasteiger partial charge in [0, 0.05) is 22.6 Å². The van der Waals surface area contributed by atoms with Gasteiger partial charge < -0.3 is 10.6 Å². The molecule has 0 atom stereocenters. The number of benzene rings is 2. The van der Waals surface area contributed by atoms with E-state index in [0.29, 0.717) is 10.7 Å². The van der Waals surface area contributed by atoms with Gasteiger partial charge in [-0.1, -0.05) is 24.8 Å². The standard InChI is InChI=1S/C16H14ClFN2/c1-3-19-14-8-9-16(17)15(10-14)11(2)20-13-6-4-12(18)5-7-13/h3-10,19-20H,1-2H2. The zero-order valence-electron chi connectivity index (χ0n) is 10.8.